The molecule has 6 heteroatoms. The molecule has 21 heavy (non-hydrogen) atoms. The Morgan fingerprint density at radius 1 is 1.52 bits per heavy atom. The molecule has 1 aliphatic rings. The number of alkyl halides is 1. The topological polar surface area (TPSA) is 55.6 Å². The maximum atomic E-state index is 11.4. The molecule has 1 fully saturated rings. The van der Waals surface area contributed by atoms with Crippen molar-refractivity contribution in [2.45, 2.75) is 31.1 Å². The number of hydrogen-bond acceptors (Lipinski definition) is 4. The second kappa shape index (κ2) is 7.22. The summed E-state index contributed by atoms with van der Waals surface area (Å²) in [5.41, 5.74) is 1.79. The van der Waals surface area contributed by atoms with Gasteiger partial charge in [0.15, 0.2) is 0 Å². The number of halogens is 1. The lowest BCUT2D eigenvalue weighted by atomic mass is 10.1. The average molecular weight is 357 g/mol. The standard InChI is InChI=1S/C15H21BrN2O3/c1-11(13-4-5-13)17(7-8-21-2)14-6-3-12(10-16)9-15(14)18(19)20/h3,6,9,11,13H,4-5,7-8,10H2,1-2H3. The van der Waals surface area contributed by atoms with Gasteiger partial charge in [-0.2, -0.15) is 0 Å². The quantitative estimate of drug-likeness (QED) is 0.404. The summed E-state index contributed by atoms with van der Waals surface area (Å²) in [6, 6.07) is 5.76. The normalized spacial score (nSPS) is 15.8. The SMILES string of the molecule is COCCN(c1ccc(CBr)cc1[N+](=O)[O-])C(C)C1CC1. The summed E-state index contributed by atoms with van der Waals surface area (Å²) in [7, 11) is 1.66. The number of methoxy groups -OCH3 is 1. The summed E-state index contributed by atoms with van der Waals surface area (Å²) in [4.78, 5) is 13.2. The number of nitro groups is 1. The Morgan fingerprint density at radius 3 is 2.76 bits per heavy atom. The fourth-order valence-corrected chi connectivity index (χ4v) is 2.96. The molecule has 0 aromatic heterocycles. The zero-order valence-electron chi connectivity index (χ0n) is 12.4. The average Bonchev–Trinajstić information content (AvgIpc) is 3.32. The number of benzene rings is 1. The Balaban J connectivity index is 2.35. The zero-order chi connectivity index (χ0) is 15.4. The van der Waals surface area contributed by atoms with Gasteiger partial charge >= 0.3 is 0 Å². The Hall–Kier alpha value is -1.14. The van der Waals surface area contributed by atoms with E-state index in [0.29, 0.717) is 36.1 Å². The van der Waals surface area contributed by atoms with Crippen LogP contribution in [-0.4, -0.2) is 31.2 Å². The van der Waals surface area contributed by atoms with Gasteiger partial charge in [-0.1, -0.05) is 22.0 Å². The molecule has 116 valence electrons. The Labute approximate surface area is 133 Å². The highest BCUT2D eigenvalue weighted by Crippen LogP contribution is 2.39. The molecule has 1 unspecified atom stereocenters. The van der Waals surface area contributed by atoms with Crippen molar-refractivity contribution >= 4 is 27.3 Å². The highest BCUT2D eigenvalue weighted by Gasteiger charge is 2.34. The van der Waals surface area contributed by atoms with Gasteiger partial charge in [-0.05, 0) is 37.3 Å². The largest absolute Gasteiger partial charge is 0.383 e. The van der Waals surface area contributed by atoms with Crippen LogP contribution in [0.5, 0.6) is 0 Å². The number of anilines is 1. The van der Waals surface area contributed by atoms with Gasteiger partial charge in [0.2, 0.25) is 0 Å². The molecule has 1 saturated carbocycles. The lowest BCUT2D eigenvalue weighted by Gasteiger charge is -2.31. The van der Waals surface area contributed by atoms with Crippen LogP contribution in [0.1, 0.15) is 25.3 Å². The fourth-order valence-electron chi connectivity index (χ4n) is 2.61. The van der Waals surface area contributed by atoms with E-state index < -0.39 is 0 Å². The van der Waals surface area contributed by atoms with Crippen molar-refractivity contribution in [1.82, 2.24) is 0 Å². The van der Waals surface area contributed by atoms with Crippen LogP contribution in [0.2, 0.25) is 0 Å². The molecule has 1 aromatic rings. The Morgan fingerprint density at radius 2 is 2.24 bits per heavy atom. The van der Waals surface area contributed by atoms with Gasteiger partial charge in [0, 0.05) is 31.1 Å². The van der Waals surface area contributed by atoms with Crippen LogP contribution < -0.4 is 4.90 Å². The van der Waals surface area contributed by atoms with Gasteiger partial charge in [0.1, 0.15) is 5.69 Å². The first-order valence-corrected chi connectivity index (χ1v) is 8.29. The van der Waals surface area contributed by atoms with Crippen molar-refractivity contribution in [2.24, 2.45) is 5.92 Å². The van der Waals surface area contributed by atoms with Crippen LogP contribution in [0, 0.1) is 16.0 Å². The summed E-state index contributed by atoms with van der Waals surface area (Å²) in [6.45, 7) is 3.38. The molecule has 5 nitrogen and oxygen atoms in total. The van der Waals surface area contributed by atoms with E-state index in [-0.39, 0.29) is 10.6 Å². The van der Waals surface area contributed by atoms with Gasteiger partial charge in [-0.25, -0.2) is 0 Å². The smallest absolute Gasteiger partial charge is 0.292 e. The van der Waals surface area contributed by atoms with Gasteiger partial charge in [-0.3, -0.25) is 10.1 Å². The zero-order valence-corrected chi connectivity index (χ0v) is 14.0. The van der Waals surface area contributed by atoms with Crippen molar-refractivity contribution in [1.29, 1.82) is 0 Å². The second-order valence-electron chi connectivity index (χ2n) is 5.48. The molecule has 0 amide bonds. The van der Waals surface area contributed by atoms with E-state index in [0.717, 1.165) is 5.56 Å². The number of hydrogen-bond donors (Lipinski definition) is 0. The summed E-state index contributed by atoms with van der Waals surface area (Å²) >= 11 is 3.35. The first kappa shape index (κ1) is 16.2. The lowest BCUT2D eigenvalue weighted by molar-refractivity contribution is -0.384. The van der Waals surface area contributed by atoms with Gasteiger partial charge in [-0.15, -0.1) is 0 Å². The minimum atomic E-state index is -0.291. The van der Waals surface area contributed by atoms with E-state index in [4.69, 9.17) is 4.74 Å². The molecular formula is C15H21BrN2O3. The third kappa shape index (κ3) is 3.95. The van der Waals surface area contributed by atoms with Crippen molar-refractivity contribution in [3.05, 3.63) is 33.9 Å². The van der Waals surface area contributed by atoms with Crippen LogP contribution in [0.3, 0.4) is 0 Å². The molecule has 1 atom stereocenters. The number of nitro benzene ring substituents is 1. The second-order valence-corrected chi connectivity index (χ2v) is 6.04. The molecule has 1 aliphatic carbocycles. The maximum absolute atomic E-state index is 11.4. The summed E-state index contributed by atoms with van der Waals surface area (Å²) in [6.07, 6.45) is 2.41. The fraction of sp³-hybridized carbons (Fsp3) is 0.600. The van der Waals surface area contributed by atoms with Crippen molar-refractivity contribution in [3.63, 3.8) is 0 Å². The predicted molar refractivity (Wildman–Crippen MR) is 87.1 cm³/mol. The van der Waals surface area contributed by atoms with E-state index in [2.05, 4.69) is 27.8 Å². The molecule has 0 heterocycles. The first-order valence-electron chi connectivity index (χ1n) is 7.17. The third-order valence-electron chi connectivity index (χ3n) is 4.03. The maximum Gasteiger partial charge on any atom is 0.292 e. The molecule has 1 aromatic carbocycles. The number of ether oxygens (including phenoxy) is 1. The number of nitrogens with zero attached hydrogens (tertiary/aromatic N) is 2. The molecule has 0 bridgehead atoms. The van der Waals surface area contributed by atoms with E-state index in [9.17, 15) is 10.1 Å². The minimum absolute atomic E-state index is 0.176. The van der Waals surface area contributed by atoms with Gasteiger partial charge in [0.25, 0.3) is 5.69 Å². The van der Waals surface area contributed by atoms with Crippen molar-refractivity contribution in [3.8, 4) is 0 Å². The molecule has 0 radical (unpaired) electrons. The molecule has 0 N–H and O–H groups in total. The highest BCUT2D eigenvalue weighted by molar-refractivity contribution is 9.08. The van der Waals surface area contributed by atoms with Crippen LogP contribution in [0.25, 0.3) is 0 Å². The Kier molecular flexibility index (Phi) is 5.58. The molecule has 0 saturated heterocycles. The minimum Gasteiger partial charge on any atom is -0.383 e. The molecular weight excluding hydrogens is 336 g/mol. The van der Waals surface area contributed by atoms with Crippen LogP contribution in [0.4, 0.5) is 11.4 Å². The van der Waals surface area contributed by atoms with Gasteiger partial charge < -0.3 is 9.64 Å². The van der Waals surface area contributed by atoms with Crippen molar-refractivity contribution in [2.75, 3.05) is 25.2 Å². The predicted octanol–water partition coefficient (Wildman–Crippen LogP) is 3.74. The highest BCUT2D eigenvalue weighted by atomic mass is 79.9. The number of rotatable bonds is 8. The summed E-state index contributed by atoms with van der Waals surface area (Å²) in [5, 5.41) is 12.0. The first-order chi connectivity index (χ1) is 10.1. The van der Waals surface area contributed by atoms with E-state index in [1.54, 1.807) is 13.2 Å². The van der Waals surface area contributed by atoms with Crippen LogP contribution in [0.15, 0.2) is 18.2 Å². The Bertz CT molecular complexity index is 506. The molecule has 2 rings (SSSR count). The van der Waals surface area contributed by atoms with E-state index in [1.165, 1.54) is 12.8 Å². The van der Waals surface area contributed by atoms with E-state index >= 15 is 0 Å². The van der Waals surface area contributed by atoms with Crippen molar-refractivity contribution < 1.29 is 9.66 Å². The molecule has 0 aliphatic heterocycles. The van der Waals surface area contributed by atoms with Crippen LogP contribution in [-0.2, 0) is 10.1 Å². The molecule has 0 spiro atoms. The van der Waals surface area contributed by atoms with E-state index in [1.807, 2.05) is 12.1 Å². The summed E-state index contributed by atoms with van der Waals surface area (Å²) in [5.74, 6) is 0.636. The third-order valence-corrected chi connectivity index (χ3v) is 4.68. The summed E-state index contributed by atoms with van der Waals surface area (Å²) < 4.78 is 5.17. The lowest BCUT2D eigenvalue weighted by Crippen LogP contribution is -2.37. The van der Waals surface area contributed by atoms with Gasteiger partial charge in [0.05, 0.1) is 11.5 Å². The van der Waals surface area contributed by atoms with Crippen LogP contribution >= 0.6 is 15.9 Å². The monoisotopic (exact) mass is 356 g/mol.